The first-order chi connectivity index (χ1) is 14.0. The van der Waals surface area contributed by atoms with Crippen molar-refractivity contribution in [1.82, 2.24) is 0 Å². The van der Waals surface area contributed by atoms with E-state index in [9.17, 15) is 9.59 Å². The molecule has 0 spiro atoms. The van der Waals surface area contributed by atoms with E-state index in [1.807, 2.05) is 6.92 Å². The Morgan fingerprint density at radius 1 is 0.655 bits per heavy atom. The van der Waals surface area contributed by atoms with Gasteiger partial charge in [-0.15, -0.1) is 0 Å². The van der Waals surface area contributed by atoms with Crippen molar-refractivity contribution in [3.05, 3.63) is 0 Å². The van der Waals surface area contributed by atoms with Crippen molar-refractivity contribution in [2.75, 3.05) is 6.61 Å². The highest BCUT2D eigenvalue weighted by Crippen LogP contribution is 2.12. The van der Waals surface area contributed by atoms with Gasteiger partial charge < -0.3 is 9.47 Å². The summed E-state index contributed by atoms with van der Waals surface area (Å²) in [6.45, 7) is 9.00. The molecule has 0 heterocycles. The van der Waals surface area contributed by atoms with Gasteiger partial charge in [0, 0.05) is 12.8 Å². The molecule has 1 atom stereocenters. The fourth-order valence-corrected chi connectivity index (χ4v) is 3.56. The van der Waals surface area contributed by atoms with Crippen LogP contribution in [0.5, 0.6) is 0 Å². The van der Waals surface area contributed by atoms with E-state index in [1.54, 1.807) is 0 Å². The fourth-order valence-electron chi connectivity index (χ4n) is 3.56. The summed E-state index contributed by atoms with van der Waals surface area (Å²) in [7, 11) is 0. The smallest absolute Gasteiger partial charge is 0.306 e. The SMILES string of the molecule is CCCCCCCCCCCCOC(=O)CCCCCC(=O)OC(C)CC(C)C. The van der Waals surface area contributed by atoms with Gasteiger partial charge in [-0.3, -0.25) is 9.59 Å². The van der Waals surface area contributed by atoms with Crippen LogP contribution in [0.3, 0.4) is 0 Å². The van der Waals surface area contributed by atoms with Crippen LogP contribution in [0.4, 0.5) is 0 Å². The molecular weight excluding hydrogens is 364 g/mol. The molecular formula is C25H48O4. The van der Waals surface area contributed by atoms with Crippen molar-refractivity contribution in [1.29, 1.82) is 0 Å². The van der Waals surface area contributed by atoms with Crippen molar-refractivity contribution >= 4 is 11.9 Å². The zero-order valence-corrected chi connectivity index (χ0v) is 19.8. The molecule has 0 bridgehead atoms. The van der Waals surface area contributed by atoms with E-state index < -0.39 is 0 Å². The average molecular weight is 413 g/mol. The Balaban J connectivity index is 3.37. The first-order valence-electron chi connectivity index (χ1n) is 12.3. The van der Waals surface area contributed by atoms with E-state index in [4.69, 9.17) is 9.47 Å². The number of hydrogen-bond donors (Lipinski definition) is 0. The summed E-state index contributed by atoms with van der Waals surface area (Å²) in [5.74, 6) is 0.305. The van der Waals surface area contributed by atoms with Crippen LogP contribution < -0.4 is 0 Å². The van der Waals surface area contributed by atoms with Crippen molar-refractivity contribution in [2.24, 2.45) is 5.92 Å². The summed E-state index contributed by atoms with van der Waals surface area (Å²) in [6.07, 6.45) is 17.0. The second-order valence-corrected chi connectivity index (χ2v) is 8.89. The van der Waals surface area contributed by atoms with Crippen LogP contribution >= 0.6 is 0 Å². The third kappa shape index (κ3) is 21.5. The van der Waals surface area contributed by atoms with Crippen LogP contribution in [-0.4, -0.2) is 24.6 Å². The van der Waals surface area contributed by atoms with Crippen LogP contribution in [0.1, 0.15) is 130 Å². The maximum atomic E-state index is 11.7. The number of esters is 2. The largest absolute Gasteiger partial charge is 0.466 e. The second kappa shape index (κ2) is 20.2. The molecule has 0 saturated heterocycles. The van der Waals surface area contributed by atoms with Gasteiger partial charge in [-0.1, -0.05) is 85.0 Å². The Morgan fingerprint density at radius 2 is 1.14 bits per heavy atom. The van der Waals surface area contributed by atoms with E-state index in [0.717, 1.165) is 38.5 Å². The molecule has 0 aliphatic carbocycles. The summed E-state index contributed by atoms with van der Waals surface area (Å²) >= 11 is 0. The normalized spacial score (nSPS) is 12.2. The van der Waals surface area contributed by atoms with Crippen LogP contribution in [0.2, 0.25) is 0 Å². The maximum Gasteiger partial charge on any atom is 0.306 e. The molecule has 0 aliphatic rings. The van der Waals surface area contributed by atoms with E-state index in [1.165, 1.54) is 51.4 Å². The number of rotatable bonds is 20. The van der Waals surface area contributed by atoms with Gasteiger partial charge in [-0.05, 0) is 38.5 Å². The number of carbonyl (C=O) groups excluding carboxylic acids is 2. The molecule has 0 rings (SSSR count). The average Bonchev–Trinajstić information content (AvgIpc) is 2.65. The minimum atomic E-state index is -0.123. The number of hydrogen-bond acceptors (Lipinski definition) is 4. The Morgan fingerprint density at radius 3 is 1.69 bits per heavy atom. The molecule has 0 aromatic heterocycles. The third-order valence-electron chi connectivity index (χ3n) is 5.16. The Kier molecular flexibility index (Phi) is 19.5. The molecule has 0 saturated carbocycles. The zero-order chi connectivity index (χ0) is 21.7. The van der Waals surface area contributed by atoms with Crippen molar-refractivity contribution in [2.45, 2.75) is 137 Å². The summed E-state index contributed by atoms with van der Waals surface area (Å²) in [4.78, 5) is 23.5. The summed E-state index contributed by atoms with van der Waals surface area (Å²) in [5.41, 5.74) is 0. The lowest BCUT2D eigenvalue weighted by Crippen LogP contribution is -2.16. The van der Waals surface area contributed by atoms with Gasteiger partial charge in [-0.25, -0.2) is 0 Å². The quantitative estimate of drug-likeness (QED) is 0.155. The van der Waals surface area contributed by atoms with Gasteiger partial charge in [0.1, 0.15) is 0 Å². The van der Waals surface area contributed by atoms with Crippen molar-refractivity contribution in [3.63, 3.8) is 0 Å². The lowest BCUT2D eigenvalue weighted by Gasteiger charge is -2.15. The Labute approximate surface area is 180 Å². The van der Waals surface area contributed by atoms with Crippen molar-refractivity contribution < 1.29 is 19.1 Å². The molecule has 0 amide bonds. The van der Waals surface area contributed by atoms with E-state index in [-0.39, 0.29) is 18.0 Å². The number of carbonyl (C=O) groups is 2. The van der Waals surface area contributed by atoms with Crippen molar-refractivity contribution in [3.8, 4) is 0 Å². The highest BCUT2D eigenvalue weighted by atomic mass is 16.5. The Hall–Kier alpha value is -1.06. The monoisotopic (exact) mass is 412 g/mol. The number of ether oxygens (including phenoxy) is 2. The molecule has 0 aromatic carbocycles. The zero-order valence-electron chi connectivity index (χ0n) is 19.8. The van der Waals surface area contributed by atoms with E-state index in [2.05, 4.69) is 20.8 Å². The van der Waals surface area contributed by atoms with Crippen LogP contribution in [-0.2, 0) is 19.1 Å². The molecule has 4 nitrogen and oxygen atoms in total. The topological polar surface area (TPSA) is 52.6 Å². The molecule has 29 heavy (non-hydrogen) atoms. The molecule has 0 fully saturated rings. The molecule has 0 aromatic rings. The Bertz CT molecular complexity index is 392. The fraction of sp³-hybridized carbons (Fsp3) is 0.920. The minimum absolute atomic E-state index is 0.0109. The summed E-state index contributed by atoms with van der Waals surface area (Å²) < 4.78 is 10.7. The third-order valence-corrected chi connectivity index (χ3v) is 5.16. The van der Waals surface area contributed by atoms with Gasteiger partial charge in [0.25, 0.3) is 0 Å². The molecule has 0 N–H and O–H groups in total. The first kappa shape index (κ1) is 27.9. The van der Waals surface area contributed by atoms with Gasteiger partial charge in [0.2, 0.25) is 0 Å². The first-order valence-corrected chi connectivity index (χ1v) is 12.3. The van der Waals surface area contributed by atoms with Crippen LogP contribution in [0.25, 0.3) is 0 Å². The molecule has 1 unspecified atom stereocenters. The molecule has 172 valence electrons. The predicted molar refractivity (Wildman–Crippen MR) is 121 cm³/mol. The lowest BCUT2D eigenvalue weighted by atomic mass is 10.1. The lowest BCUT2D eigenvalue weighted by molar-refractivity contribution is -0.149. The highest BCUT2D eigenvalue weighted by molar-refractivity contribution is 5.70. The van der Waals surface area contributed by atoms with Gasteiger partial charge in [0.05, 0.1) is 12.7 Å². The van der Waals surface area contributed by atoms with E-state index >= 15 is 0 Å². The van der Waals surface area contributed by atoms with Gasteiger partial charge in [0.15, 0.2) is 0 Å². The van der Waals surface area contributed by atoms with E-state index in [0.29, 0.717) is 25.4 Å². The van der Waals surface area contributed by atoms with Crippen LogP contribution in [0.15, 0.2) is 0 Å². The number of unbranched alkanes of at least 4 members (excludes halogenated alkanes) is 11. The molecule has 0 radical (unpaired) electrons. The summed E-state index contributed by atoms with van der Waals surface area (Å²) in [5, 5.41) is 0. The minimum Gasteiger partial charge on any atom is -0.466 e. The molecule has 4 heteroatoms. The highest BCUT2D eigenvalue weighted by Gasteiger charge is 2.11. The summed E-state index contributed by atoms with van der Waals surface area (Å²) in [6, 6.07) is 0. The standard InChI is InChI=1S/C25H48O4/c1-5-6-7-8-9-10-11-12-13-17-20-28-24(26)18-15-14-16-19-25(27)29-23(4)21-22(2)3/h22-23H,5-21H2,1-4H3. The van der Waals surface area contributed by atoms with Gasteiger partial charge >= 0.3 is 11.9 Å². The maximum absolute atomic E-state index is 11.7. The van der Waals surface area contributed by atoms with Crippen LogP contribution in [0, 0.1) is 5.92 Å². The second-order valence-electron chi connectivity index (χ2n) is 8.89. The predicted octanol–water partition coefficient (Wildman–Crippen LogP) is 7.38. The molecule has 0 aliphatic heterocycles. The van der Waals surface area contributed by atoms with Gasteiger partial charge in [-0.2, -0.15) is 0 Å².